The molecule has 0 atom stereocenters. The van der Waals surface area contributed by atoms with Crippen LogP contribution in [0.3, 0.4) is 0 Å². The minimum absolute atomic E-state index is 0.296. The third kappa shape index (κ3) is 1.78. The quantitative estimate of drug-likeness (QED) is 0.817. The van der Waals surface area contributed by atoms with Gasteiger partial charge in [0, 0.05) is 14.6 Å². The molecule has 0 radical (unpaired) electrons. The highest BCUT2D eigenvalue weighted by Crippen LogP contribution is 2.26. The molecule has 2 N–H and O–H groups in total. The zero-order valence-corrected chi connectivity index (χ0v) is 11.5. The van der Waals surface area contributed by atoms with E-state index in [0.29, 0.717) is 0 Å². The lowest BCUT2D eigenvalue weighted by Gasteiger charge is -2.15. The number of fused-ring (bicyclic) bond motifs is 1. The summed E-state index contributed by atoms with van der Waals surface area (Å²) in [4.78, 5) is 11.6. The van der Waals surface area contributed by atoms with Gasteiger partial charge in [0.05, 0.1) is 13.6 Å². The Hall–Kier alpha value is -1.13. The van der Waals surface area contributed by atoms with E-state index in [-0.39, 0.29) is 5.91 Å². The molecule has 1 aromatic heterocycles. The van der Waals surface area contributed by atoms with E-state index in [1.54, 1.807) is 11.3 Å². The van der Waals surface area contributed by atoms with E-state index in [2.05, 4.69) is 25.7 Å². The van der Waals surface area contributed by atoms with Crippen molar-refractivity contribution >= 4 is 39.9 Å². The number of carbonyl (C=O) groups excluding carboxylic acids is 1. The van der Waals surface area contributed by atoms with Crippen molar-refractivity contribution in [2.45, 2.75) is 19.6 Å². The third-order valence-corrected chi connectivity index (χ3v) is 7.26. The highest BCUT2D eigenvalue weighted by molar-refractivity contribution is 7.32. The molecular formula is C12H15NOSSi. The Labute approximate surface area is 100 Å². The Bertz CT molecular complexity index is 554. The van der Waals surface area contributed by atoms with Crippen LogP contribution in [0.5, 0.6) is 0 Å². The van der Waals surface area contributed by atoms with Crippen molar-refractivity contribution < 1.29 is 4.79 Å². The van der Waals surface area contributed by atoms with E-state index < -0.39 is 8.07 Å². The van der Waals surface area contributed by atoms with Crippen LogP contribution in [0.4, 0.5) is 0 Å². The zero-order chi connectivity index (χ0) is 11.9. The van der Waals surface area contributed by atoms with Crippen molar-refractivity contribution in [3.05, 3.63) is 29.8 Å². The fourth-order valence-corrected chi connectivity index (χ4v) is 5.34. The molecule has 0 saturated heterocycles. The van der Waals surface area contributed by atoms with Gasteiger partial charge in [-0.1, -0.05) is 37.8 Å². The molecule has 0 saturated carbocycles. The van der Waals surface area contributed by atoms with Crippen molar-refractivity contribution in [1.29, 1.82) is 0 Å². The van der Waals surface area contributed by atoms with E-state index in [1.807, 2.05) is 18.2 Å². The molecule has 0 aliphatic carbocycles. The van der Waals surface area contributed by atoms with Crippen molar-refractivity contribution in [2.75, 3.05) is 0 Å². The molecule has 0 bridgehead atoms. The molecule has 1 heterocycles. The standard InChI is InChI=1S/C12H15NOSSi/c1-16(2,3)12-10(11(13)14)8-6-4-5-7-9(8)15-12/h4-7H,1-3H3,(H2,13,14). The van der Waals surface area contributed by atoms with E-state index in [1.165, 1.54) is 4.50 Å². The molecule has 84 valence electrons. The molecule has 16 heavy (non-hydrogen) atoms. The van der Waals surface area contributed by atoms with Gasteiger partial charge in [-0.2, -0.15) is 0 Å². The van der Waals surface area contributed by atoms with E-state index in [9.17, 15) is 4.79 Å². The molecular weight excluding hydrogens is 234 g/mol. The van der Waals surface area contributed by atoms with Crippen LogP contribution >= 0.6 is 11.3 Å². The first kappa shape index (κ1) is 11.4. The smallest absolute Gasteiger partial charge is 0.250 e. The number of benzene rings is 1. The molecule has 2 aromatic rings. The number of rotatable bonds is 2. The molecule has 0 aliphatic rings. The van der Waals surface area contributed by atoms with Crippen LogP contribution in [0.1, 0.15) is 10.4 Å². The monoisotopic (exact) mass is 249 g/mol. The van der Waals surface area contributed by atoms with E-state index >= 15 is 0 Å². The number of nitrogens with two attached hydrogens (primary N) is 1. The molecule has 4 heteroatoms. The fraction of sp³-hybridized carbons (Fsp3) is 0.250. The maximum atomic E-state index is 11.6. The van der Waals surface area contributed by atoms with Gasteiger partial charge in [-0.3, -0.25) is 4.79 Å². The number of amides is 1. The third-order valence-electron chi connectivity index (χ3n) is 2.52. The topological polar surface area (TPSA) is 43.1 Å². The van der Waals surface area contributed by atoms with Gasteiger partial charge < -0.3 is 5.73 Å². The van der Waals surface area contributed by atoms with Crippen LogP contribution in [0, 0.1) is 0 Å². The van der Waals surface area contributed by atoms with Crippen molar-refractivity contribution in [3.63, 3.8) is 0 Å². The van der Waals surface area contributed by atoms with Crippen LogP contribution < -0.4 is 10.2 Å². The van der Waals surface area contributed by atoms with Crippen molar-refractivity contribution in [3.8, 4) is 0 Å². The number of hydrogen-bond donors (Lipinski definition) is 1. The van der Waals surface area contributed by atoms with E-state index in [0.717, 1.165) is 15.6 Å². The fourth-order valence-electron chi connectivity index (χ4n) is 1.82. The highest BCUT2D eigenvalue weighted by Gasteiger charge is 2.26. The van der Waals surface area contributed by atoms with Crippen LogP contribution in [0.2, 0.25) is 19.6 Å². The number of carbonyl (C=O) groups is 1. The molecule has 2 nitrogen and oxygen atoms in total. The Kier molecular flexibility index (Phi) is 2.63. The number of primary amides is 1. The first-order chi connectivity index (χ1) is 7.41. The van der Waals surface area contributed by atoms with E-state index in [4.69, 9.17) is 5.73 Å². The summed E-state index contributed by atoms with van der Waals surface area (Å²) in [5.41, 5.74) is 6.26. The molecule has 1 amide bonds. The summed E-state index contributed by atoms with van der Waals surface area (Å²) in [5, 5.41) is 1.01. The molecule has 2 rings (SSSR count). The van der Waals surface area contributed by atoms with Gasteiger partial charge in [-0.15, -0.1) is 11.3 Å². The van der Waals surface area contributed by atoms with Crippen LogP contribution in [0.15, 0.2) is 24.3 Å². The second-order valence-electron chi connectivity index (χ2n) is 4.92. The van der Waals surface area contributed by atoms with Gasteiger partial charge in [-0.25, -0.2) is 0 Å². The Morgan fingerprint density at radius 3 is 2.44 bits per heavy atom. The van der Waals surface area contributed by atoms with Gasteiger partial charge in [-0.05, 0) is 6.07 Å². The minimum Gasteiger partial charge on any atom is -0.366 e. The van der Waals surface area contributed by atoms with Crippen LogP contribution in [0.25, 0.3) is 10.1 Å². The summed E-state index contributed by atoms with van der Waals surface area (Å²) >= 11 is 1.72. The summed E-state index contributed by atoms with van der Waals surface area (Å²) in [6.45, 7) is 6.72. The average molecular weight is 249 g/mol. The van der Waals surface area contributed by atoms with Gasteiger partial charge in [0.25, 0.3) is 0 Å². The lowest BCUT2D eigenvalue weighted by molar-refractivity contribution is 0.100. The summed E-state index contributed by atoms with van der Waals surface area (Å²) in [5.74, 6) is -0.296. The number of thiophene rings is 1. The van der Waals surface area contributed by atoms with Gasteiger partial charge in [0.15, 0.2) is 0 Å². The second kappa shape index (κ2) is 3.71. The zero-order valence-electron chi connectivity index (χ0n) is 9.70. The summed E-state index contributed by atoms with van der Waals surface area (Å²) in [6, 6.07) is 7.98. The predicted molar refractivity (Wildman–Crippen MR) is 73.3 cm³/mol. The van der Waals surface area contributed by atoms with Gasteiger partial charge in [0.2, 0.25) is 5.91 Å². The average Bonchev–Trinajstić information content (AvgIpc) is 2.55. The summed E-state index contributed by atoms with van der Waals surface area (Å²) < 4.78 is 2.37. The van der Waals surface area contributed by atoms with Gasteiger partial charge in [0.1, 0.15) is 0 Å². The lowest BCUT2D eigenvalue weighted by atomic mass is 10.2. The number of hydrogen-bond acceptors (Lipinski definition) is 2. The predicted octanol–water partition coefficient (Wildman–Crippen LogP) is 2.55. The lowest BCUT2D eigenvalue weighted by Crippen LogP contribution is -2.39. The first-order valence-corrected chi connectivity index (χ1v) is 9.54. The Balaban J connectivity index is 2.84. The van der Waals surface area contributed by atoms with Crippen molar-refractivity contribution in [1.82, 2.24) is 0 Å². The summed E-state index contributed by atoms with van der Waals surface area (Å²) in [6.07, 6.45) is 0. The highest BCUT2D eigenvalue weighted by atomic mass is 32.1. The molecule has 0 unspecified atom stereocenters. The normalized spacial score (nSPS) is 11.9. The Morgan fingerprint density at radius 2 is 1.88 bits per heavy atom. The minimum atomic E-state index is -1.51. The molecule has 0 fully saturated rings. The first-order valence-electron chi connectivity index (χ1n) is 5.23. The Morgan fingerprint density at radius 1 is 1.25 bits per heavy atom. The molecule has 0 spiro atoms. The van der Waals surface area contributed by atoms with Gasteiger partial charge >= 0.3 is 0 Å². The van der Waals surface area contributed by atoms with Crippen LogP contribution in [-0.2, 0) is 0 Å². The second-order valence-corrected chi connectivity index (χ2v) is 11.3. The molecule has 1 aromatic carbocycles. The van der Waals surface area contributed by atoms with Crippen molar-refractivity contribution in [2.24, 2.45) is 5.73 Å². The van der Waals surface area contributed by atoms with Crippen LogP contribution in [-0.4, -0.2) is 14.0 Å². The summed E-state index contributed by atoms with van der Waals surface area (Å²) in [7, 11) is -1.51. The maximum absolute atomic E-state index is 11.6. The largest absolute Gasteiger partial charge is 0.366 e. The molecule has 0 aliphatic heterocycles. The SMILES string of the molecule is C[Si](C)(C)c1sc2ccccc2c1C(N)=O. The maximum Gasteiger partial charge on any atom is 0.250 e.